The molecule has 11 heavy (non-hydrogen) atoms. The molecule has 1 rings (SSSR count). The van der Waals surface area contributed by atoms with Gasteiger partial charge in [0.15, 0.2) is 0 Å². The molecule has 1 N–H and O–H groups in total. The minimum absolute atomic E-state index is 0.251. The van der Waals surface area contributed by atoms with E-state index in [0.29, 0.717) is 3.93 Å². The Kier molecular flexibility index (Phi) is 1.95. The molecular formula is C5H4BrNO4. The lowest BCUT2D eigenvalue weighted by atomic mass is 10.1. The fourth-order valence-corrected chi connectivity index (χ4v) is 1.19. The molecule has 1 atom stereocenters. The van der Waals surface area contributed by atoms with Crippen LogP contribution in [-0.4, -0.2) is 26.8 Å². The molecule has 1 heterocycles. The van der Waals surface area contributed by atoms with Gasteiger partial charge in [0.25, 0.3) is 5.91 Å². The molecule has 5 nitrogen and oxygen atoms in total. The minimum Gasteiger partial charge on any atom is -0.481 e. The number of rotatable bonds is 1. The van der Waals surface area contributed by atoms with Crippen LogP contribution >= 0.6 is 16.1 Å². The lowest BCUT2D eigenvalue weighted by molar-refractivity contribution is -0.146. The van der Waals surface area contributed by atoms with E-state index in [1.54, 1.807) is 0 Å². The van der Waals surface area contributed by atoms with Gasteiger partial charge in [0.1, 0.15) is 5.92 Å². The summed E-state index contributed by atoms with van der Waals surface area (Å²) in [4.78, 5) is 31.8. The number of carboxylic acid groups (broad SMARTS) is 1. The molecule has 0 bridgehead atoms. The first kappa shape index (κ1) is 8.19. The van der Waals surface area contributed by atoms with Crippen molar-refractivity contribution in [1.82, 2.24) is 3.93 Å². The van der Waals surface area contributed by atoms with Gasteiger partial charge in [0, 0.05) is 0 Å². The summed E-state index contributed by atoms with van der Waals surface area (Å²) in [6.45, 7) is 0. The van der Waals surface area contributed by atoms with Crippen LogP contribution in [-0.2, 0) is 14.4 Å². The predicted octanol–water partition coefficient (Wildman–Crippen LogP) is -0.244. The quantitative estimate of drug-likeness (QED) is 0.377. The molecule has 0 radical (unpaired) electrons. The number of amides is 2. The van der Waals surface area contributed by atoms with Gasteiger partial charge >= 0.3 is 5.97 Å². The number of carbonyl (C=O) groups is 3. The topological polar surface area (TPSA) is 74.7 Å². The van der Waals surface area contributed by atoms with Crippen LogP contribution in [0.2, 0.25) is 0 Å². The summed E-state index contributed by atoms with van der Waals surface area (Å²) >= 11 is 2.65. The highest BCUT2D eigenvalue weighted by Gasteiger charge is 2.42. The first-order chi connectivity index (χ1) is 5.04. The number of imide groups is 1. The number of nitrogens with zero attached hydrogens (tertiary/aromatic N) is 1. The van der Waals surface area contributed by atoms with E-state index in [0.717, 1.165) is 0 Å². The fourth-order valence-electron chi connectivity index (χ4n) is 0.795. The third kappa shape index (κ3) is 1.25. The summed E-state index contributed by atoms with van der Waals surface area (Å²) in [6, 6.07) is 0. The second kappa shape index (κ2) is 2.61. The Morgan fingerprint density at radius 1 is 1.64 bits per heavy atom. The van der Waals surface area contributed by atoms with Crippen LogP contribution in [0.15, 0.2) is 0 Å². The molecule has 0 spiro atoms. The molecule has 60 valence electrons. The van der Waals surface area contributed by atoms with E-state index < -0.39 is 23.7 Å². The van der Waals surface area contributed by atoms with E-state index in [4.69, 9.17) is 5.11 Å². The largest absolute Gasteiger partial charge is 0.481 e. The van der Waals surface area contributed by atoms with Gasteiger partial charge in [0.05, 0.1) is 22.6 Å². The monoisotopic (exact) mass is 221 g/mol. The van der Waals surface area contributed by atoms with E-state index in [1.807, 2.05) is 0 Å². The first-order valence-electron chi connectivity index (χ1n) is 2.79. The van der Waals surface area contributed by atoms with E-state index in [2.05, 4.69) is 16.1 Å². The van der Waals surface area contributed by atoms with Crippen LogP contribution in [0, 0.1) is 5.92 Å². The van der Waals surface area contributed by atoms with Crippen molar-refractivity contribution >= 4 is 33.9 Å². The molecule has 1 saturated heterocycles. The van der Waals surface area contributed by atoms with Gasteiger partial charge < -0.3 is 5.11 Å². The van der Waals surface area contributed by atoms with Gasteiger partial charge in [-0.15, -0.1) is 0 Å². The standard InChI is InChI=1S/C5H4BrNO4/c6-7-3(8)1-2(4(7)9)5(10)11/h2H,1H2,(H,10,11). The highest BCUT2D eigenvalue weighted by molar-refractivity contribution is 9.08. The van der Waals surface area contributed by atoms with Crippen molar-refractivity contribution in [3.8, 4) is 0 Å². The first-order valence-corrected chi connectivity index (χ1v) is 3.50. The molecule has 2 amide bonds. The van der Waals surface area contributed by atoms with Crippen LogP contribution < -0.4 is 0 Å². The van der Waals surface area contributed by atoms with Gasteiger partial charge in [-0.1, -0.05) is 0 Å². The van der Waals surface area contributed by atoms with Crippen molar-refractivity contribution in [3.05, 3.63) is 0 Å². The summed E-state index contributed by atoms with van der Waals surface area (Å²) in [7, 11) is 0. The zero-order valence-corrected chi connectivity index (χ0v) is 6.87. The average molecular weight is 222 g/mol. The third-order valence-electron chi connectivity index (χ3n) is 1.39. The number of hydrogen-bond donors (Lipinski definition) is 1. The molecule has 1 aliphatic heterocycles. The summed E-state index contributed by atoms with van der Waals surface area (Å²) in [6.07, 6.45) is -0.251. The van der Waals surface area contributed by atoms with Crippen LogP contribution in [0.4, 0.5) is 0 Å². The zero-order chi connectivity index (χ0) is 8.59. The van der Waals surface area contributed by atoms with Crippen LogP contribution in [0.3, 0.4) is 0 Å². The van der Waals surface area contributed by atoms with Crippen LogP contribution in [0.1, 0.15) is 6.42 Å². The van der Waals surface area contributed by atoms with E-state index >= 15 is 0 Å². The Morgan fingerprint density at radius 3 is 2.36 bits per heavy atom. The third-order valence-corrected chi connectivity index (χ3v) is 2.13. The SMILES string of the molecule is O=C(O)C1CC(=O)N(Br)C1=O. The molecular weight excluding hydrogens is 218 g/mol. The molecule has 0 aromatic carbocycles. The maximum absolute atomic E-state index is 10.8. The van der Waals surface area contributed by atoms with Crippen molar-refractivity contribution in [2.24, 2.45) is 5.92 Å². The molecule has 1 fully saturated rings. The molecule has 1 aliphatic rings. The molecule has 0 aromatic heterocycles. The van der Waals surface area contributed by atoms with Crippen molar-refractivity contribution in [2.75, 3.05) is 0 Å². The molecule has 0 aliphatic carbocycles. The minimum atomic E-state index is -1.26. The number of halogens is 1. The normalized spacial score (nSPS) is 24.5. The number of carbonyl (C=O) groups excluding carboxylic acids is 2. The van der Waals surface area contributed by atoms with Crippen molar-refractivity contribution in [2.45, 2.75) is 6.42 Å². The predicted molar refractivity (Wildman–Crippen MR) is 36.5 cm³/mol. The second-order valence-corrected chi connectivity index (χ2v) is 2.82. The second-order valence-electron chi connectivity index (χ2n) is 2.11. The van der Waals surface area contributed by atoms with Gasteiger partial charge in [-0.05, 0) is 0 Å². The maximum atomic E-state index is 10.8. The Balaban J connectivity index is 2.83. The molecule has 1 unspecified atom stereocenters. The van der Waals surface area contributed by atoms with Gasteiger partial charge in [-0.2, -0.15) is 0 Å². The number of carboxylic acids is 1. The Labute approximate surface area is 70.3 Å². The van der Waals surface area contributed by atoms with Crippen molar-refractivity contribution in [1.29, 1.82) is 0 Å². The lowest BCUT2D eigenvalue weighted by Gasteiger charge is -2.00. The number of hydrogen-bond acceptors (Lipinski definition) is 3. The Bertz CT molecular complexity index is 239. The van der Waals surface area contributed by atoms with E-state index in [1.165, 1.54) is 0 Å². The molecule has 0 aromatic rings. The summed E-state index contributed by atoms with van der Waals surface area (Å²) < 4.78 is 0.659. The number of aliphatic carboxylic acids is 1. The van der Waals surface area contributed by atoms with Crippen molar-refractivity contribution in [3.63, 3.8) is 0 Å². The maximum Gasteiger partial charge on any atom is 0.316 e. The lowest BCUT2D eigenvalue weighted by Crippen LogP contribution is -2.24. The average Bonchev–Trinajstić information content (AvgIpc) is 2.17. The fraction of sp³-hybridized carbons (Fsp3) is 0.400. The summed E-state index contributed by atoms with van der Waals surface area (Å²) in [5.41, 5.74) is 0. The van der Waals surface area contributed by atoms with Crippen LogP contribution in [0.5, 0.6) is 0 Å². The summed E-state index contributed by atoms with van der Waals surface area (Å²) in [5.74, 6) is -3.68. The van der Waals surface area contributed by atoms with Crippen molar-refractivity contribution < 1.29 is 19.5 Å². The van der Waals surface area contributed by atoms with Crippen LogP contribution in [0.25, 0.3) is 0 Å². The van der Waals surface area contributed by atoms with Gasteiger partial charge in [-0.25, -0.2) is 3.93 Å². The van der Waals surface area contributed by atoms with Gasteiger partial charge in [0.2, 0.25) is 5.91 Å². The smallest absolute Gasteiger partial charge is 0.316 e. The Hall–Kier alpha value is -0.910. The molecule has 0 saturated carbocycles. The zero-order valence-electron chi connectivity index (χ0n) is 5.28. The summed E-state index contributed by atoms with van der Waals surface area (Å²) in [5, 5.41) is 8.40. The Morgan fingerprint density at radius 2 is 2.18 bits per heavy atom. The highest BCUT2D eigenvalue weighted by atomic mass is 79.9. The van der Waals surface area contributed by atoms with E-state index in [9.17, 15) is 14.4 Å². The van der Waals surface area contributed by atoms with Gasteiger partial charge in [-0.3, -0.25) is 14.4 Å². The highest BCUT2D eigenvalue weighted by Crippen LogP contribution is 2.22. The molecule has 6 heteroatoms. The van der Waals surface area contributed by atoms with E-state index in [-0.39, 0.29) is 6.42 Å².